The standard InChI is InChI=1S/C12H20N2O/c1-10-3-6-12(15,7-4-10)9-11-5-8-14(2)13-11/h5,8,10,15H,3-4,6-7,9H2,1-2H3. The largest absolute Gasteiger partial charge is 0.389 e. The lowest BCUT2D eigenvalue weighted by atomic mass is 9.77. The van der Waals surface area contributed by atoms with Crippen LogP contribution in [0.1, 0.15) is 38.3 Å². The second-order valence-electron chi connectivity index (χ2n) is 5.06. The van der Waals surface area contributed by atoms with Gasteiger partial charge in [-0.15, -0.1) is 0 Å². The minimum Gasteiger partial charge on any atom is -0.389 e. The van der Waals surface area contributed by atoms with Crippen molar-refractivity contribution in [3.05, 3.63) is 18.0 Å². The van der Waals surface area contributed by atoms with E-state index in [9.17, 15) is 5.11 Å². The van der Waals surface area contributed by atoms with Gasteiger partial charge in [-0.2, -0.15) is 5.10 Å². The number of rotatable bonds is 2. The van der Waals surface area contributed by atoms with Gasteiger partial charge in [0.1, 0.15) is 0 Å². The van der Waals surface area contributed by atoms with Crippen molar-refractivity contribution in [1.29, 1.82) is 0 Å². The number of aryl methyl sites for hydroxylation is 1. The maximum absolute atomic E-state index is 10.4. The van der Waals surface area contributed by atoms with Crippen LogP contribution in [0, 0.1) is 5.92 Å². The number of aromatic nitrogens is 2. The fourth-order valence-corrected chi connectivity index (χ4v) is 2.37. The van der Waals surface area contributed by atoms with Crippen molar-refractivity contribution in [3.63, 3.8) is 0 Å². The third-order valence-corrected chi connectivity index (χ3v) is 3.48. The van der Waals surface area contributed by atoms with Crippen LogP contribution in [-0.2, 0) is 13.5 Å². The van der Waals surface area contributed by atoms with Gasteiger partial charge in [0.2, 0.25) is 0 Å². The smallest absolute Gasteiger partial charge is 0.0703 e. The van der Waals surface area contributed by atoms with E-state index in [0.717, 1.165) is 37.3 Å². The zero-order valence-corrected chi connectivity index (χ0v) is 9.61. The predicted molar refractivity (Wildman–Crippen MR) is 59.5 cm³/mol. The van der Waals surface area contributed by atoms with Crippen LogP contribution >= 0.6 is 0 Å². The average Bonchev–Trinajstić information content (AvgIpc) is 2.57. The summed E-state index contributed by atoms with van der Waals surface area (Å²) in [6.07, 6.45) is 6.77. The fourth-order valence-electron chi connectivity index (χ4n) is 2.37. The van der Waals surface area contributed by atoms with Crippen molar-refractivity contribution in [2.24, 2.45) is 13.0 Å². The predicted octanol–water partition coefficient (Wildman–Crippen LogP) is 1.90. The summed E-state index contributed by atoms with van der Waals surface area (Å²) in [4.78, 5) is 0. The molecule has 1 aromatic heterocycles. The van der Waals surface area contributed by atoms with Gasteiger partial charge in [-0.3, -0.25) is 4.68 Å². The molecule has 0 saturated heterocycles. The van der Waals surface area contributed by atoms with E-state index in [1.807, 2.05) is 19.3 Å². The van der Waals surface area contributed by atoms with Crippen molar-refractivity contribution in [1.82, 2.24) is 9.78 Å². The van der Waals surface area contributed by atoms with Crippen LogP contribution in [0.3, 0.4) is 0 Å². The highest BCUT2D eigenvalue weighted by molar-refractivity contribution is 5.04. The number of aliphatic hydroxyl groups is 1. The van der Waals surface area contributed by atoms with Crippen LogP contribution < -0.4 is 0 Å². The average molecular weight is 208 g/mol. The van der Waals surface area contributed by atoms with Gasteiger partial charge in [-0.25, -0.2) is 0 Å². The molecule has 15 heavy (non-hydrogen) atoms. The SMILES string of the molecule is CC1CCC(O)(Cc2ccn(C)n2)CC1. The molecule has 0 spiro atoms. The Morgan fingerprint density at radius 1 is 1.53 bits per heavy atom. The molecule has 0 bridgehead atoms. The Morgan fingerprint density at radius 3 is 2.73 bits per heavy atom. The first-order chi connectivity index (χ1) is 7.07. The minimum absolute atomic E-state index is 0.499. The molecule has 3 nitrogen and oxygen atoms in total. The molecular weight excluding hydrogens is 188 g/mol. The summed E-state index contributed by atoms with van der Waals surface area (Å²) in [6.45, 7) is 2.26. The Labute approximate surface area is 91.1 Å². The van der Waals surface area contributed by atoms with Crippen LogP contribution in [0.2, 0.25) is 0 Å². The maximum Gasteiger partial charge on any atom is 0.0703 e. The third-order valence-electron chi connectivity index (χ3n) is 3.48. The first kappa shape index (κ1) is 10.7. The van der Waals surface area contributed by atoms with Crippen molar-refractivity contribution < 1.29 is 5.11 Å². The summed E-state index contributed by atoms with van der Waals surface area (Å²) >= 11 is 0. The lowest BCUT2D eigenvalue weighted by Gasteiger charge is -2.34. The first-order valence-electron chi connectivity index (χ1n) is 5.78. The number of nitrogens with zero attached hydrogens (tertiary/aromatic N) is 2. The lowest BCUT2D eigenvalue weighted by molar-refractivity contribution is -0.00752. The van der Waals surface area contributed by atoms with Crippen LogP contribution in [-0.4, -0.2) is 20.5 Å². The summed E-state index contributed by atoms with van der Waals surface area (Å²) in [5.74, 6) is 0.772. The van der Waals surface area contributed by atoms with E-state index in [1.165, 1.54) is 0 Å². The molecule has 3 heteroatoms. The molecule has 1 fully saturated rings. The molecule has 1 saturated carbocycles. The third kappa shape index (κ3) is 2.59. The molecule has 0 unspecified atom stereocenters. The molecule has 0 aromatic carbocycles. The summed E-state index contributed by atoms with van der Waals surface area (Å²) < 4.78 is 1.80. The van der Waals surface area contributed by atoms with E-state index in [1.54, 1.807) is 4.68 Å². The molecule has 0 atom stereocenters. The van der Waals surface area contributed by atoms with Crippen LogP contribution in [0.4, 0.5) is 0 Å². The first-order valence-corrected chi connectivity index (χ1v) is 5.78. The maximum atomic E-state index is 10.4. The van der Waals surface area contributed by atoms with Gasteiger partial charge in [-0.1, -0.05) is 6.92 Å². The Balaban J connectivity index is 1.99. The van der Waals surface area contributed by atoms with Crippen molar-refractivity contribution in [2.45, 2.75) is 44.6 Å². The summed E-state index contributed by atoms with van der Waals surface area (Å²) in [6, 6.07) is 2.00. The zero-order chi connectivity index (χ0) is 10.9. The highest BCUT2D eigenvalue weighted by atomic mass is 16.3. The second kappa shape index (κ2) is 3.97. The van der Waals surface area contributed by atoms with E-state index in [-0.39, 0.29) is 0 Å². The van der Waals surface area contributed by atoms with E-state index in [2.05, 4.69) is 12.0 Å². The number of hydrogen-bond donors (Lipinski definition) is 1. The molecule has 0 radical (unpaired) electrons. The second-order valence-corrected chi connectivity index (χ2v) is 5.06. The van der Waals surface area contributed by atoms with E-state index < -0.39 is 5.60 Å². The molecule has 0 amide bonds. The summed E-state index contributed by atoms with van der Waals surface area (Å²) in [7, 11) is 1.91. The van der Waals surface area contributed by atoms with E-state index in [0.29, 0.717) is 6.42 Å². The van der Waals surface area contributed by atoms with Crippen molar-refractivity contribution in [3.8, 4) is 0 Å². The van der Waals surface area contributed by atoms with Crippen LogP contribution in [0.5, 0.6) is 0 Å². The topological polar surface area (TPSA) is 38.0 Å². The Kier molecular flexibility index (Phi) is 2.83. The Bertz CT molecular complexity index is 324. The van der Waals surface area contributed by atoms with Gasteiger partial charge in [0.25, 0.3) is 0 Å². The molecule has 0 aliphatic heterocycles. The Hall–Kier alpha value is -0.830. The molecule has 1 aliphatic carbocycles. The summed E-state index contributed by atoms with van der Waals surface area (Å²) in [5.41, 5.74) is 0.510. The van der Waals surface area contributed by atoms with Gasteiger partial charge >= 0.3 is 0 Å². The molecule has 1 aliphatic rings. The monoisotopic (exact) mass is 208 g/mol. The van der Waals surface area contributed by atoms with E-state index in [4.69, 9.17) is 0 Å². The molecule has 84 valence electrons. The molecule has 1 N–H and O–H groups in total. The van der Waals surface area contributed by atoms with Crippen molar-refractivity contribution in [2.75, 3.05) is 0 Å². The van der Waals surface area contributed by atoms with Gasteiger partial charge in [0, 0.05) is 19.7 Å². The van der Waals surface area contributed by atoms with Gasteiger partial charge in [0.05, 0.1) is 11.3 Å². The zero-order valence-electron chi connectivity index (χ0n) is 9.61. The minimum atomic E-state index is -0.499. The normalized spacial score (nSPS) is 31.8. The van der Waals surface area contributed by atoms with Crippen LogP contribution in [0.15, 0.2) is 12.3 Å². The Morgan fingerprint density at radius 2 is 2.20 bits per heavy atom. The fraction of sp³-hybridized carbons (Fsp3) is 0.750. The van der Waals surface area contributed by atoms with Gasteiger partial charge < -0.3 is 5.11 Å². The van der Waals surface area contributed by atoms with Gasteiger partial charge in [-0.05, 0) is 37.7 Å². The highest BCUT2D eigenvalue weighted by Crippen LogP contribution is 2.33. The lowest BCUT2D eigenvalue weighted by Crippen LogP contribution is -2.35. The molecular formula is C12H20N2O. The van der Waals surface area contributed by atoms with Crippen LogP contribution in [0.25, 0.3) is 0 Å². The molecule has 2 rings (SSSR count). The highest BCUT2D eigenvalue weighted by Gasteiger charge is 2.32. The number of hydrogen-bond acceptors (Lipinski definition) is 2. The van der Waals surface area contributed by atoms with Crippen molar-refractivity contribution >= 4 is 0 Å². The molecule has 1 heterocycles. The summed E-state index contributed by atoms with van der Waals surface area (Å²) in [5, 5.41) is 14.7. The van der Waals surface area contributed by atoms with E-state index >= 15 is 0 Å². The molecule has 1 aromatic rings. The quantitative estimate of drug-likeness (QED) is 0.806. The van der Waals surface area contributed by atoms with Gasteiger partial charge in [0.15, 0.2) is 0 Å².